The smallest absolute Gasteiger partial charge is 0.251 e. The highest BCUT2D eigenvalue weighted by Crippen LogP contribution is 2.25. The van der Waals surface area contributed by atoms with E-state index in [1.807, 2.05) is 0 Å². The summed E-state index contributed by atoms with van der Waals surface area (Å²) in [7, 11) is 0. The lowest BCUT2D eigenvalue weighted by Crippen LogP contribution is -2.39. The van der Waals surface area contributed by atoms with Crippen LogP contribution in [0.2, 0.25) is 0 Å². The van der Waals surface area contributed by atoms with Crippen LogP contribution in [0.1, 0.15) is 55.1 Å². The quantitative estimate of drug-likeness (QED) is 0.0962. The second kappa shape index (κ2) is 20.1. The number of carbonyl (C=O) groups excluding carboxylic acids is 4. The van der Waals surface area contributed by atoms with Crippen LogP contribution < -0.4 is 21.3 Å². The lowest BCUT2D eigenvalue weighted by atomic mass is 9.98. The molecule has 58 heavy (non-hydrogen) atoms. The average Bonchev–Trinajstić information content (AvgIpc) is 3.21. The summed E-state index contributed by atoms with van der Waals surface area (Å²) in [5, 5.41) is 10.2. The van der Waals surface area contributed by atoms with E-state index in [-0.39, 0.29) is 29.8 Å². The van der Waals surface area contributed by atoms with Crippen LogP contribution in [0.15, 0.2) is 146 Å². The van der Waals surface area contributed by atoms with Gasteiger partial charge in [-0.3, -0.25) is 19.2 Å². The van der Waals surface area contributed by atoms with Gasteiger partial charge >= 0.3 is 0 Å². The zero-order chi connectivity index (χ0) is 41.6. The van der Waals surface area contributed by atoms with Gasteiger partial charge in [-0.25, -0.2) is 26.3 Å². The minimum Gasteiger partial charge on any atom is -0.344 e. The molecule has 296 valence electrons. The summed E-state index contributed by atoms with van der Waals surface area (Å²) in [5.41, 5.74) is 2.10. The van der Waals surface area contributed by atoms with Crippen LogP contribution in [-0.4, -0.2) is 36.7 Å². The molecule has 0 saturated carbocycles. The van der Waals surface area contributed by atoms with Crippen LogP contribution in [-0.2, 0) is 9.59 Å². The summed E-state index contributed by atoms with van der Waals surface area (Å²) in [6, 6.07) is 31.0. The third-order valence-corrected chi connectivity index (χ3v) is 8.36. The Morgan fingerprint density at radius 2 is 0.759 bits per heavy atom. The Hall–Kier alpha value is -7.22. The molecule has 0 bridgehead atoms. The normalized spacial score (nSPS) is 11.1. The van der Waals surface area contributed by atoms with Gasteiger partial charge < -0.3 is 21.3 Å². The molecule has 4 N–H and O–H groups in total. The average molecular weight is 797 g/mol. The molecule has 4 amide bonds. The van der Waals surface area contributed by atoms with Crippen molar-refractivity contribution in [2.45, 2.75) is 12.1 Å². The fraction of sp³-hybridized carbons (Fsp3) is 0.0909. The maximum absolute atomic E-state index is 13.7. The lowest BCUT2D eigenvalue weighted by Gasteiger charge is -2.20. The number of carbonyl (C=O) groups is 4. The van der Waals surface area contributed by atoms with Gasteiger partial charge in [-0.1, -0.05) is 54.6 Å². The summed E-state index contributed by atoms with van der Waals surface area (Å²) < 4.78 is 80.5. The van der Waals surface area contributed by atoms with Crippen molar-refractivity contribution in [2.75, 3.05) is 13.1 Å². The van der Waals surface area contributed by atoms with E-state index in [9.17, 15) is 45.5 Å². The summed E-state index contributed by atoms with van der Waals surface area (Å²) >= 11 is 0. The minimum atomic E-state index is -0.809. The second-order valence-electron chi connectivity index (χ2n) is 12.6. The van der Waals surface area contributed by atoms with Crippen molar-refractivity contribution in [1.29, 1.82) is 0 Å². The SMILES string of the molecule is O=C(CNC(=O)c1ccc(F)cc1)NC(c1cccc(F)c1)c1cccc(F)c1.O=C(CNC(=O)c1ccc(F)cc1)NC(c1ccccc1)c1cc(F)cc(F)c1. The van der Waals surface area contributed by atoms with Crippen molar-refractivity contribution < 1.29 is 45.5 Å². The first kappa shape index (κ1) is 41.9. The Balaban J connectivity index is 0.000000221. The first-order valence-electron chi connectivity index (χ1n) is 17.5. The third-order valence-electron chi connectivity index (χ3n) is 8.36. The Morgan fingerprint density at radius 3 is 1.17 bits per heavy atom. The Kier molecular flexibility index (Phi) is 14.5. The molecule has 0 heterocycles. The molecule has 6 aromatic carbocycles. The fourth-order valence-corrected chi connectivity index (χ4v) is 5.63. The molecular weight excluding hydrogens is 762 g/mol. The van der Waals surface area contributed by atoms with E-state index >= 15 is 0 Å². The zero-order valence-electron chi connectivity index (χ0n) is 30.3. The van der Waals surface area contributed by atoms with Gasteiger partial charge in [0.1, 0.15) is 34.9 Å². The highest BCUT2D eigenvalue weighted by Gasteiger charge is 2.21. The molecule has 0 aromatic heterocycles. The number of amides is 4. The fourth-order valence-electron chi connectivity index (χ4n) is 5.63. The molecule has 0 saturated heterocycles. The van der Waals surface area contributed by atoms with Gasteiger partial charge in [0.25, 0.3) is 11.8 Å². The van der Waals surface area contributed by atoms with E-state index < -0.39 is 70.6 Å². The third kappa shape index (κ3) is 12.4. The predicted octanol–water partition coefficient (Wildman–Crippen LogP) is 7.48. The Bertz CT molecular complexity index is 2220. The number of halogens is 6. The summed E-state index contributed by atoms with van der Waals surface area (Å²) in [5.74, 6) is -5.69. The van der Waals surface area contributed by atoms with Gasteiger partial charge in [-0.2, -0.15) is 0 Å². The molecule has 1 unspecified atom stereocenters. The van der Waals surface area contributed by atoms with Crippen LogP contribution in [0.25, 0.3) is 0 Å². The lowest BCUT2D eigenvalue weighted by molar-refractivity contribution is -0.121. The molecular formula is C44H34F6N4O4. The maximum Gasteiger partial charge on any atom is 0.251 e. The molecule has 6 aromatic rings. The van der Waals surface area contributed by atoms with E-state index in [2.05, 4.69) is 21.3 Å². The largest absolute Gasteiger partial charge is 0.344 e. The van der Waals surface area contributed by atoms with Gasteiger partial charge in [-0.15, -0.1) is 0 Å². The van der Waals surface area contributed by atoms with E-state index in [4.69, 9.17) is 0 Å². The van der Waals surface area contributed by atoms with E-state index in [0.717, 1.165) is 42.5 Å². The second-order valence-corrected chi connectivity index (χ2v) is 12.6. The van der Waals surface area contributed by atoms with E-state index in [1.54, 1.807) is 42.5 Å². The van der Waals surface area contributed by atoms with E-state index in [1.165, 1.54) is 60.7 Å². The number of rotatable bonds is 12. The van der Waals surface area contributed by atoms with E-state index in [0.29, 0.717) is 16.7 Å². The van der Waals surface area contributed by atoms with Crippen LogP contribution in [0, 0.1) is 34.9 Å². The number of benzene rings is 6. The molecule has 0 aliphatic heterocycles. The van der Waals surface area contributed by atoms with Gasteiger partial charge in [0, 0.05) is 17.2 Å². The van der Waals surface area contributed by atoms with Crippen LogP contribution in [0.4, 0.5) is 26.3 Å². The van der Waals surface area contributed by atoms with Crippen molar-refractivity contribution in [3.05, 3.63) is 214 Å². The Morgan fingerprint density at radius 1 is 0.379 bits per heavy atom. The molecule has 8 nitrogen and oxygen atoms in total. The summed E-state index contributed by atoms with van der Waals surface area (Å²) in [6.07, 6.45) is 0. The van der Waals surface area contributed by atoms with Gasteiger partial charge in [0.2, 0.25) is 11.8 Å². The molecule has 0 radical (unpaired) electrons. The Labute approximate surface area is 328 Å². The topological polar surface area (TPSA) is 116 Å². The molecule has 1 atom stereocenters. The van der Waals surface area contributed by atoms with Crippen molar-refractivity contribution >= 4 is 23.6 Å². The predicted molar refractivity (Wildman–Crippen MR) is 203 cm³/mol. The van der Waals surface area contributed by atoms with Gasteiger partial charge in [-0.05, 0) is 107 Å². The van der Waals surface area contributed by atoms with Crippen LogP contribution >= 0.6 is 0 Å². The number of hydrogen-bond donors (Lipinski definition) is 4. The summed E-state index contributed by atoms with van der Waals surface area (Å²) in [4.78, 5) is 48.9. The van der Waals surface area contributed by atoms with Gasteiger partial charge in [0.15, 0.2) is 0 Å². The van der Waals surface area contributed by atoms with Gasteiger partial charge in [0.05, 0.1) is 25.2 Å². The standard InChI is InChI=1S/2C22H17F3N2O2/c23-17-9-7-14(8-10-17)22(29)26-13-20(28)27-21(15-3-1-5-18(24)11-15)16-4-2-6-19(25)12-16;23-17-8-6-15(7-9-17)22(29)26-13-20(28)27-21(14-4-2-1-3-5-14)16-10-18(24)12-19(25)11-16/h2*1-12,21H,13H2,(H,26,29)(H,27,28). The first-order valence-corrected chi connectivity index (χ1v) is 17.5. The number of nitrogens with one attached hydrogen (secondary N) is 4. The highest BCUT2D eigenvalue weighted by molar-refractivity contribution is 5.97. The molecule has 0 aliphatic carbocycles. The van der Waals surface area contributed by atoms with Crippen molar-refractivity contribution in [2.24, 2.45) is 0 Å². The van der Waals surface area contributed by atoms with Crippen LogP contribution in [0.5, 0.6) is 0 Å². The van der Waals surface area contributed by atoms with Crippen LogP contribution in [0.3, 0.4) is 0 Å². The molecule has 0 fully saturated rings. The monoisotopic (exact) mass is 796 g/mol. The molecule has 0 spiro atoms. The minimum absolute atomic E-state index is 0.200. The van der Waals surface area contributed by atoms with Crippen molar-refractivity contribution in [1.82, 2.24) is 21.3 Å². The van der Waals surface area contributed by atoms with Crippen molar-refractivity contribution in [3.8, 4) is 0 Å². The molecule has 14 heteroatoms. The number of hydrogen-bond acceptors (Lipinski definition) is 4. The maximum atomic E-state index is 13.7. The zero-order valence-corrected chi connectivity index (χ0v) is 30.3. The highest BCUT2D eigenvalue weighted by atomic mass is 19.1. The molecule has 0 aliphatic rings. The van der Waals surface area contributed by atoms with Crippen molar-refractivity contribution in [3.63, 3.8) is 0 Å². The first-order chi connectivity index (χ1) is 27.8. The molecule has 6 rings (SSSR count). The summed E-state index contributed by atoms with van der Waals surface area (Å²) in [6.45, 7) is -0.727.